The van der Waals surface area contributed by atoms with Gasteiger partial charge in [0.15, 0.2) is 5.57 Å². The van der Waals surface area contributed by atoms with E-state index in [1.807, 2.05) is 0 Å². The van der Waals surface area contributed by atoms with Crippen molar-refractivity contribution < 1.29 is 28.6 Å². The quantitative estimate of drug-likeness (QED) is 0.211. The number of hydrogen-bond acceptors (Lipinski definition) is 7. The Kier molecular flexibility index (Phi) is 9.75. The van der Waals surface area contributed by atoms with Crippen LogP contribution in [0.15, 0.2) is 29.8 Å². The van der Waals surface area contributed by atoms with Crippen LogP contribution in [-0.4, -0.2) is 30.3 Å². The van der Waals surface area contributed by atoms with E-state index in [1.54, 1.807) is 24.3 Å². The third-order valence-corrected chi connectivity index (χ3v) is 5.27. The van der Waals surface area contributed by atoms with Crippen molar-refractivity contribution in [2.45, 2.75) is 84.3 Å². The molecule has 0 spiro atoms. The van der Waals surface area contributed by atoms with Gasteiger partial charge in [0.1, 0.15) is 0 Å². The SMILES string of the molecule is CCCCCCCCCCCOC(=O)c1ccc(C(N)=C2C(=O)OC(C)(C)OC2=O)cc1. The van der Waals surface area contributed by atoms with E-state index in [4.69, 9.17) is 19.9 Å². The van der Waals surface area contributed by atoms with Gasteiger partial charge in [-0.3, -0.25) is 0 Å². The van der Waals surface area contributed by atoms with E-state index < -0.39 is 23.7 Å². The number of hydrogen-bond donors (Lipinski definition) is 1. The van der Waals surface area contributed by atoms with Gasteiger partial charge >= 0.3 is 17.9 Å². The molecular weight excluding hydrogens is 410 g/mol. The topological polar surface area (TPSA) is 105 Å². The monoisotopic (exact) mass is 445 g/mol. The van der Waals surface area contributed by atoms with E-state index in [-0.39, 0.29) is 11.3 Å². The number of unbranched alkanes of at least 4 members (excludes halogenated alkanes) is 8. The summed E-state index contributed by atoms with van der Waals surface area (Å²) in [6.45, 7) is 5.53. The predicted octanol–water partition coefficient (Wildman–Crippen LogP) is 4.88. The Morgan fingerprint density at radius 3 is 1.84 bits per heavy atom. The van der Waals surface area contributed by atoms with Crippen molar-refractivity contribution in [3.05, 3.63) is 41.0 Å². The number of ether oxygens (including phenoxy) is 3. The van der Waals surface area contributed by atoms with Crippen LogP contribution in [0.25, 0.3) is 5.70 Å². The highest BCUT2D eigenvalue weighted by Gasteiger charge is 2.40. The smallest absolute Gasteiger partial charge is 0.351 e. The molecule has 0 aliphatic carbocycles. The molecule has 0 atom stereocenters. The average Bonchev–Trinajstić information content (AvgIpc) is 2.73. The first-order chi connectivity index (χ1) is 15.2. The second-order valence-corrected chi connectivity index (χ2v) is 8.51. The van der Waals surface area contributed by atoms with Crippen LogP contribution < -0.4 is 5.73 Å². The Morgan fingerprint density at radius 2 is 1.31 bits per heavy atom. The predicted molar refractivity (Wildman–Crippen MR) is 121 cm³/mol. The molecule has 2 N–H and O–H groups in total. The van der Waals surface area contributed by atoms with Crippen molar-refractivity contribution in [3.63, 3.8) is 0 Å². The summed E-state index contributed by atoms with van der Waals surface area (Å²) in [5, 5.41) is 0. The van der Waals surface area contributed by atoms with Crippen LogP contribution >= 0.6 is 0 Å². The maximum Gasteiger partial charge on any atom is 0.351 e. The zero-order valence-corrected chi connectivity index (χ0v) is 19.4. The Balaban J connectivity index is 1.79. The molecule has 1 aromatic rings. The summed E-state index contributed by atoms with van der Waals surface area (Å²) in [5.41, 5.74) is 6.36. The Morgan fingerprint density at radius 1 is 0.844 bits per heavy atom. The van der Waals surface area contributed by atoms with Gasteiger partial charge in [-0.1, -0.05) is 70.4 Å². The minimum Gasteiger partial charge on any atom is -0.462 e. The molecule has 7 heteroatoms. The maximum atomic E-state index is 12.2. The van der Waals surface area contributed by atoms with Gasteiger partial charge in [0.05, 0.1) is 17.9 Å². The summed E-state index contributed by atoms with van der Waals surface area (Å²) in [5.74, 6) is -3.43. The third-order valence-electron chi connectivity index (χ3n) is 5.27. The lowest BCUT2D eigenvalue weighted by atomic mass is 10.0. The minimum absolute atomic E-state index is 0.0647. The van der Waals surface area contributed by atoms with Gasteiger partial charge in [-0.25, -0.2) is 14.4 Å². The largest absolute Gasteiger partial charge is 0.462 e. The van der Waals surface area contributed by atoms with Gasteiger partial charge in [-0.2, -0.15) is 0 Å². The molecule has 1 aliphatic rings. The van der Waals surface area contributed by atoms with E-state index in [0.29, 0.717) is 17.7 Å². The van der Waals surface area contributed by atoms with Crippen molar-refractivity contribution in [2.24, 2.45) is 5.73 Å². The van der Waals surface area contributed by atoms with Crippen LogP contribution in [0.3, 0.4) is 0 Å². The van der Waals surface area contributed by atoms with Crippen molar-refractivity contribution in [1.29, 1.82) is 0 Å². The second kappa shape index (κ2) is 12.3. The molecule has 0 amide bonds. The summed E-state index contributed by atoms with van der Waals surface area (Å²) in [4.78, 5) is 36.5. The summed E-state index contributed by atoms with van der Waals surface area (Å²) < 4.78 is 15.5. The normalized spacial score (nSPS) is 15.2. The molecule has 0 unspecified atom stereocenters. The maximum absolute atomic E-state index is 12.2. The highest BCUT2D eigenvalue weighted by molar-refractivity contribution is 6.20. The van der Waals surface area contributed by atoms with Crippen molar-refractivity contribution in [1.82, 2.24) is 0 Å². The highest BCUT2D eigenvalue weighted by atomic mass is 16.7. The summed E-state index contributed by atoms with van der Waals surface area (Å²) in [6, 6.07) is 6.20. The van der Waals surface area contributed by atoms with Crippen molar-refractivity contribution in [3.8, 4) is 0 Å². The van der Waals surface area contributed by atoms with Crippen LogP contribution in [0.4, 0.5) is 0 Å². The molecule has 0 radical (unpaired) electrons. The van der Waals surface area contributed by atoms with Crippen molar-refractivity contribution in [2.75, 3.05) is 6.61 Å². The average molecular weight is 446 g/mol. The van der Waals surface area contributed by atoms with Gasteiger partial charge in [0, 0.05) is 13.8 Å². The standard InChI is InChI=1S/C25H35NO6/c1-4-5-6-7-8-9-10-11-12-17-30-22(27)19-15-13-18(14-16-19)21(26)20-23(28)31-25(2,3)32-24(20)29/h13-16H,4-12,17,26H2,1-3H3. The molecule has 1 aromatic carbocycles. The summed E-state index contributed by atoms with van der Waals surface area (Å²) >= 11 is 0. The lowest BCUT2D eigenvalue weighted by Crippen LogP contribution is -2.42. The van der Waals surface area contributed by atoms with Gasteiger partial charge in [-0.05, 0) is 24.1 Å². The van der Waals surface area contributed by atoms with Crippen LogP contribution in [0.2, 0.25) is 0 Å². The number of rotatable bonds is 12. The van der Waals surface area contributed by atoms with Crippen LogP contribution in [0.1, 0.15) is 94.5 Å². The first kappa shape index (κ1) is 25.4. The molecule has 0 aromatic heterocycles. The lowest BCUT2D eigenvalue weighted by Gasteiger charge is -2.30. The zero-order valence-electron chi connectivity index (χ0n) is 19.4. The number of carbonyl (C=O) groups is 3. The molecule has 1 saturated heterocycles. The number of benzene rings is 1. The molecule has 7 nitrogen and oxygen atoms in total. The van der Waals surface area contributed by atoms with Crippen molar-refractivity contribution >= 4 is 23.6 Å². The van der Waals surface area contributed by atoms with E-state index in [2.05, 4.69) is 6.92 Å². The third kappa shape index (κ3) is 7.70. The Bertz CT molecular complexity index is 803. The van der Waals surface area contributed by atoms with Gasteiger partial charge in [-0.15, -0.1) is 0 Å². The minimum atomic E-state index is -1.33. The first-order valence-electron chi connectivity index (χ1n) is 11.5. The van der Waals surface area contributed by atoms with Gasteiger partial charge in [0.2, 0.25) is 0 Å². The van der Waals surface area contributed by atoms with E-state index in [0.717, 1.165) is 19.3 Å². The van der Waals surface area contributed by atoms with E-state index in [1.165, 1.54) is 52.4 Å². The molecule has 1 aliphatic heterocycles. The molecule has 0 bridgehead atoms. The lowest BCUT2D eigenvalue weighted by molar-refractivity contribution is -0.222. The fraction of sp³-hybridized carbons (Fsp3) is 0.560. The van der Waals surface area contributed by atoms with Gasteiger partial charge in [0.25, 0.3) is 5.79 Å². The first-order valence-corrected chi connectivity index (χ1v) is 11.5. The summed E-state index contributed by atoms with van der Waals surface area (Å²) in [6.07, 6.45) is 10.8. The van der Waals surface area contributed by atoms with E-state index in [9.17, 15) is 14.4 Å². The molecule has 32 heavy (non-hydrogen) atoms. The molecular formula is C25H35NO6. The van der Waals surface area contributed by atoms with Crippen LogP contribution in [0, 0.1) is 0 Å². The number of esters is 3. The van der Waals surface area contributed by atoms with Crippen LogP contribution in [-0.2, 0) is 23.8 Å². The Labute approximate surface area is 190 Å². The molecule has 2 rings (SSSR count). The number of carbonyl (C=O) groups excluding carboxylic acids is 3. The van der Waals surface area contributed by atoms with Gasteiger partial charge < -0.3 is 19.9 Å². The summed E-state index contributed by atoms with van der Waals surface area (Å²) in [7, 11) is 0. The zero-order chi connectivity index (χ0) is 23.6. The molecule has 176 valence electrons. The molecule has 0 saturated carbocycles. The number of nitrogens with two attached hydrogens (primary N) is 1. The molecule has 1 fully saturated rings. The fourth-order valence-corrected chi connectivity index (χ4v) is 3.46. The number of cyclic esters (lactones) is 2. The molecule has 1 heterocycles. The Hall–Kier alpha value is -2.83. The fourth-order valence-electron chi connectivity index (χ4n) is 3.46. The van der Waals surface area contributed by atoms with Crippen LogP contribution in [0.5, 0.6) is 0 Å². The van der Waals surface area contributed by atoms with E-state index >= 15 is 0 Å². The highest BCUT2D eigenvalue weighted by Crippen LogP contribution is 2.26. The second-order valence-electron chi connectivity index (χ2n) is 8.51.